The summed E-state index contributed by atoms with van der Waals surface area (Å²) in [5.74, 6) is 2.91. The van der Waals surface area contributed by atoms with E-state index in [1.165, 1.54) is 50.7 Å². The van der Waals surface area contributed by atoms with Gasteiger partial charge in [0, 0.05) is 17.7 Å². The number of nitrogens with one attached hydrogen (secondary N) is 1. The standard InChI is InChI=1S/C13H23NOS/c15-13(11-6-5-9-16-10-11)14-12-7-3-1-2-4-8-12/h11-12H,1-10H2,(H,14,15). The zero-order valence-corrected chi connectivity index (χ0v) is 10.9. The van der Waals surface area contributed by atoms with E-state index in [0.717, 1.165) is 12.2 Å². The number of thioether (sulfide) groups is 1. The summed E-state index contributed by atoms with van der Waals surface area (Å²) in [5, 5.41) is 3.28. The highest BCUT2D eigenvalue weighted by atomic mass is 32.2. The van der Waals surface area contributed by atoms with Gasteiger partial charge in [0.2, 0.25) is 5.91 Å². The smallest absolute Gasteiger partial charge is 0.224 e. The molecule has 1 aliphatic heterocycles. The second-order valence-corrected chi connectivity index (χ2v) is 6.26. The molecule has 2 aliphatic rings. The molecule has 2 fully saturated rings. The van der Waals surface area contributed by atoms with Crippen molar-refractivity contribution in [2.75, 3.05) is 11.5 Å². The van der Waals surface area contributed by atoms with Crippen molar-refractivity contribution >= 4 is 17.7 Å². The fraction of sp³-hybridized carbons (Fsp3) is 0.923. The predicted molar refractivity (Wildman–Crippen MR) is 69.7 cm³/mol. The third-order valence-electron chi connectivity index (χ3n) is 3.73. The zero-order valence-electron chi connectivity index (χ0n) is 10.0. The Hall–Kier alpha value is -0.180. The van der Waals surface area contributed by atoms with E-state index in [0.29, 0.717) is 17.9 Å². The van der Waals surface area contributed by atoms with E-state index in [1.54, 1.807) is 0 Å². The molecule has 2 nitrogen and oxygen atoms in total. The average molecular weight is 241 g/mol. The lowest BCUT2D eigenvalue weighted by Gasteiger charge is -2.24. The molecule has 0 aromatic carbocycles. The van der Waals surface area contributed by atoms with Crippen molar-refractivity contribution in [2.24, 2.45) is 5.92 Å². The first-order valence-electron chi connectivity index (χ1n) is 6.74. The first-order chi connectivity index (χ1) is 7.86. The number of rotatable bonds is 2. The van der Waals surface area contributed by atoms with E-state index in [-0.39, 0.29) is 0 Å². The summed E-state index contributed by atoms with van der Waals surface area (Å²) in [4.78, 5) is 12.1. The summed E-state index contributed by atoms with van der Waals surface area (Å²) in [6.07, 6.45) is 10.0. The van der Waals surface area contributed by atoms with Gasteiger partial charge in [0.25, 0.3) is 0 Å². The van der Waals surface area contributed by atoms with Crippen molar-refractivity contribution in [3.05, 3.63) is 0 Å². The lowest BCUT2D eigenvalue weighted by atomic mass is 10.0. The van der Waals surface area contributed by atoms with Gasteiger partial charge in [-0.25, -0.2) is 0 Å². The SMILES string of the molecule is O=C(NC1CCCCCC1)C1CCCSC1. The molecule has 92 valence electrons. The van der Waals surface area contributed by atoms with Crippen LogP contribution in [0.3, 0.4) is 0 Å². The van der Waals surface area contributed by atoms with Gasteiger partial charge in [-0.15, -0.1) is 0 Å². The van der Waals surface area contributed by atoms with E-state index < -0.39 is 0 Å². The van der Waals surface area contributed by atoms with Gasteiger partial charge in [-0.3, -0.25) is 4.79 Å². The van der Waals surface area contributed by atoms with Gasteiger partial charge in [0.1, 0.15) is 0 Å². The van der Waals surface area contributed by atoms with Gasteiger partial charge in [0.15, 0.2) is 0 Å². The molecule has 1 atom stereocenters. The van der Waals surface area contributed by atoms with Crippen LogP contribution in [-0.4, -0.2) is 23.5 Å². The van der Waals surface area contributed by atoms with E-state index in [1.807, 2.05) is 11.8 Å². The van der Waals surface area contributed by atoms with E-state index in [2.05, 4.69) is 5.32 Å². The summed E-state index contributed by atoms with van der Waals surface area (Å²) < 4.78 is 0. The van der Waals surface area contributed by atoms with E-state index in [9.17, 15) is 4.79 Å². The summed E-state index contributed by atoms with van der Waals surface area (Å²) in [6, 6.07) is 0.474. The fourth-order valence-corrected chi connectivity index (χ4v) is 3.83. The zero-order chi connectivity index (χ0) is 11.2. The predicted octanol–water partition coefficient (Wildman–Crippen LogP) is 2.97. The van der Waals surface area contributed by atoms with Crippen molar-refractivity contribution in [1.82, 2.24) is 5.32 Å². The molecule has 1 aliphatic carbocycles. The molecule has 0 aromatic rings. The van der Waals surface area contributed by atoms with Gasteiger partial charge >= 0.3 is 0 Å². The van der Waals surface area contributed by atoms with E-state index >= 15 is 0 Å². The van der Waals surface area contributed by atoms with Crippen molar-refractivity contribution < 1.29 is 4.79 Å². The van der Waals surface area contributed by atoms with Crippen LogP contribution in [0.1, 0.15) is 51.4 Å². The maximum Gasteiger partial charge on any atom is 0.224 e. The largest absolute Gasteiger partial charge is 0.353 e. The Bertz CT molecular complexity index is 218. The van der Waals surface area contributed by atoms with Crippen molar-refractivity contribution in [1.29, 1.82) is 0 Å². The quantitative estimate of drug-likeness (QED) is 0.753. The highest BCUT2D eigenvalue weighted by molar-refractivity contribution is 7.99. The molecule has 3 heteroatoms. The maximum absolute atomic E-state index is 12.1. The molecule has 1 unspecified atom stereocenters. The third-order valence-corrected chi connectivity index (χ3v) is 4.95. The van der Waals surface area contributed by atoms with Crippen LogP contribution in [0.5, 0.6) is 0 Å². The topological polar surface area (TPSA) is 29.1 Å². The van der Waals surface area contributed by atoms with Crippen LogP contribution in [0.2, 0.25) is 0 Å². The summed E-state index contributed by atoms with van der Waals surface area (Å²) >= 11 is 1.94. The first-order valence-corrected chi connectivity index (χ1v) is 7.90. The highest BCUT2D eigenvalue weighted by Crippen LogP contribution is 2.24. The summed E-state index contributed by atoms with van der Waals surface area (Å²) in [6.45, 7) is 0. The second-order valence-electron chi connectivity index (χ2n) is 5.11. The summed E-state index contributed by atoms with van der Waals surface area (Å²) in [7, 11) is 0. The Balaban J connectivity index is 1.76. The second kappa shape index (κ2) is 6.53. The molecule has 1 saturated carbocycles. The Morgan fingerprint density at radius 1 is 1.00 bits per heavy atom. The molecule has 2 rings (SSSR count). The van der Waals surface area contributed by atoms with E-state index in [4.69, 9.17) is 0 Å². The molecule has 1 saturated heterocycles. The lowest BCUT2D eigenvalue weighted by Crippen LogP contribution is -2.40. The van der Waals surface area contributed by atoms with Gasteiger partial charge in [-0.1, -0.05) is 25.7 Å². The van der Waals surface area contributed by atoms with Gasteiger partial charge in [0.05, 0.1) is 0 Å². The molecule has 1 heterocycles. The Morgan fingerprint density at radius 2 is 1.75 bits per heavy atom. The van der Waals surface area contributed by atoms with Crippen molar-refractivity contribution in [3.63, 3.8) is 0 Å². The minimum atomic E-state index is 0.294. The molecule has 1 amide bonds. The molecule has 0 bridgehead atoms. The fourth-order valence-electron chi connectivity index (χ4n) is 2.69. The van der Waals surface area contributed by atoms with Gasteiger partial charge in [-0.2, -0.15) is 11.8 Å². The number of carbonyl (C=O) groups excluding carboxylic acids is 1. The Morgan fingerprint density at radius 3 is 2.38 bits per heavy atom. The minimum Gasteiger partial charge on any atom is -0.353 e. The van der Waals surface area contributed by atoms with Gasteiger partial charge in [-0.05, 0) is 31.4 Å². The number of hydrogen-bond donors (Lipinski definition) is 1. The van der Waals surface area contributed by atoms with Crippen molar-refractivity contribution in [3.8, 4) is 0 Å². The normalized spacial score (nSPS) is 28.4. The Kier molecular flexibility index (Phi) is 5.01. The molecule has 0 spiro atoms. The van der Waals surface area contributed by atoms with Crippen LogP contribution in [-0.2, 0) is 4.79 Å². The highest BCUT2D eigenvalue weighted by Gasteiger charge is 2.23. The number of carbonyl (C=O) groups is 1. The average Bonchev–Trinajstić information content (AvgIpc) is 2.59. The molecular formula is C13H23NOS. The molecular weight excluding hydrogens is 218 g/mol. The van der Waals surface area contributed by atoms with Crippen LogP contribution in [0, 0.1) is 5.92 Å². The van der Waals surface area contributed by atoms with Crippen LogP contribution >= 0.6 is 11.8 Å². The molecule has 16 heavy (non-hydrogen) atoms. The lowest BCUT2D eigenvalue weighted by molar-refractivity contribution is -0.125. The molecule has 1 N–H and O–H groups in total. The first kappa shape index (κ1) is 12.3. The van der Waals surface area contributed by atoms with Crippen LogP contribution in [0.4, 0.5) is 0 Å². The number of amides is 1. The Labute approximate surface area is 103 Å². The van der Waals surface area contributed by atoms with Crippen molar-refractivity contribution in [2.45, 2.75) is 57.4 Å². The van der Waals surface area contributed by atoms with Gasteiger partial charge < -0.3 is 5.32 Å². The van der Waals surface area contributed by atoms with Crippen LogP contribution < -0.4 is 5.32 Å². The monoisotopic (exact) mass is 241 g/mol. The minimum absolute atomic E-state index is 0.294. The van der Waals surface area contributed by atoms with Crippen LogP contribution in [0.25, 0.3) is 0 Å². The molecule has 0 radical (unpaired) electrons. The summed E-state index contributed by atoms with van der Waals surface area (Å²) in [5.41, 5.74) is 0. The molecule has 0 aromatic heterocycles. The maximum atomic E-state index is 12.1. The van der Waals surface area contributed by atoms with Crippen LogP contribution in [0.15, 0.2) is 0 Å². The third kappa shape index (κ3) is 3.69. The number of hydrogen-bond acceptors (Lipinski definition) is 2.